The van der Waals surface area contributed by atoms with E-state index in [1.807, 2.05) is 6.92 Å². The average Bonchev–Trinajstić information content (AvgIpc) is 3.30. The number of ether oxygens (including phenoxy) is 3. The summed E-state index contributed by atoms with van der Waals surface area (Å²) < 4.78 is 18.3. The Balaban J connectivity index is 1.30. The highest BCUT2D eigenvalue weighted by Crippen LogP contribution is 2.76. The molecular formula is C38H60O8. The number of ketones is 1. The van der Waals surface area contributed by atoms with Crippen LogP contribution >= 0.6 is 0 Å². The maximum absolute atomic E-state index is 13.7. The van der Waals surface area contributed by atoms with Crippen LogP contribution in [0.5, 0.6) is 0 Å². The van der Waals surface area contributed by atoms with Crippen molar-refractivity contribution in [3.8, 4) is 0 Å². The molecule has 0 aromatic carbocycles. The number of hydrogen-bond donors (Lipinski definition) is 3. The highest BCUT2D eigenvalue weighted by molar-refractivity contribution is 6.06. The van der Waals surface area contributed by atoms with Crippen molar-refractivity contribution < 1.29 is 39.1 Å². The van der Waals surface area contributed by atoms with Gasteiger partial charge in [-0.05, 0) is 115 Å². The number of carbonyl (C=O) groups is 2. The van der Waals surface area contributed by atoms with Crippen LogP contribution in [0, 0.1) is 50.7 Å². The number of esters is 1. The molecular weight excluding hydrogens is 584 g/mol. The molecule has 9 unspecified atom stereocenters. The number of allylic oxidation sites excluding steroid dienone is 1. The lowest BCUT2D eigenvalue weighted by molar-refractivity contribution is -0.300. The molecule has 260 valence electrons. The van der Waals surface area contributed by atoms with Crippen molar-refractivity contribution in [2.45, 2.75) is 150 Å². The summed E-state index contributed by atoms with van der Waals surface area (Å²) in [6.45, 7) is 18.3. The van der Waals surface area contributed by atoms with E-state index < -0.39 is 30.0 Å². The van der Waals surface area contributed by atoms with Crippen LogP contribution in [0.1, 0.15) is 120 Å². The van der Waals surface area contributed by atoms with Gasteiger partial charge in [0.2, 0.25) is 0 Å². The predicted molar refractivity (Wildman–Crippen MR) is 173 cm³/mol. The molecule has 0 spiro atoms. The fraction of sp³-hybridized carbons (Fsp3) is 0.895. The maximum Gasteiger partial charge on any atom is 0.316 e. The van der Waals surface area contributed by atoms with E-state index in [9.17, 15) is 24.9 Å². The van der Waals surface area contributed by atoms with Crippen molar-refractivity contribution in [1.82, 2.24) is 0 Å². The van der Waals surface area contributed by atoms with Gasteiger partial charge in [-0.25, -0.2) is 0 Å². The quantitative estimate of drug-likeness (QED) is 0.247. The minimum atomic E-state index is -1.11. The third-order valence-electron chi connectivity index (χ3n) is 15.1. The number of hydrogen-bond acceptors (Lipinski definition) is 8. The van der Waals surface area contributed by atoms with Crippen LogP contribution in [0.25, 0.3) is 0 Å². The molecule has 6 rings (SSSR count). The molecule has 5 aliphatic carbocycles. The molecule has 3 N–H and O–H groups in total. The fourth-order valence-electron chi connectivity index (χ4n) is 12.7. The summed E-state index contributed by atoms with van der Waals surface area (Å²) in [5.74, 6) is 1.20. The van der Waals surface area contributed by atoms with Gasteiger partial charge in [0.25, 0.3) is 0 Å². The summed E-state index contributed by atoms with van der Waals surface area (Å²) in [6.07, 6.45) is 4.61. The molecule has 46 heavy (non-hydrogen) atoms. The second-order valence-corrected chi connectivity index (χ2v) is 17.6. The highest BCUT2D eigenvalue weighted by Gasteiger charge is 2.71. The maximum atomic E-state index is 13.7. The lowest BCUT2D eigenvalue weighted by Gasteiger charge is -2.72. The molecule has 1 aliphatic heterocycles. The van der Waals surface area contributed by atoms with Gasteiger partial charge >= 0.3 is 5.97 Å². The van der Waals surface area contributed by atoms with Gasteiger partial charge in [-0.15, -0.1) is 0 Å². The van der Waals surface area contributed by atoms with Crippen LogP contribution in [0.3, 0.4) is 0 Å². The van der Waals surface area contributed by atoms with Crippen LogP contribution in [-0.4, -0.2) is 71.0 Å². The van der Waals surface area contributed by atoms with Gasteiger partial charge in [-0.3, -0.25) is 9.59 Å². The summed E-state index contributed by atoms with van der Waals surface area (Å²) in [7, 11) is 0. The second-order valence-electron chi connectivity index (χ2n) is 17.6. The molecule has 0 bridgehead atoms. The number of Topliss-reactive ketones (excluding diaryl/α,β-unsaturated/α-hetero) is 1. The summed E-state index contributed by atoms with van der Waals surface area (Å²) in [5.41, 5.74) is 1.27. The third-order valence-corrected chi connectivity index (χ3v) is 15.1. The van der Waals surface area contributed by atoms with Gasteiger partial charge in [0, 0.05) is 12.8 Å². The zero-order valence-electron chi connectivity index (χ0n) is 29.6. The van der Waals surface area contributed by atoms with Gasteiger partial charge in [-0.2, -0.15) is 0 Å². The first-order valence-electron chi connectivity index (χ1n) is 18.2. The van der Waals surface area contributed by atoms with Crippen molar-refractivity contribution in [2.24, 2.45) is 50.7 Å². The number of aliphatic hydroxyl groups is 3. The Morgan fingerprint density at radius 1 is 0.957 bits per heavy atom. The summed E-state index contributed by atoms with van der Waals surface area (Å²) >= 11 is 0. The largest absolute Gasteiger partial charge is 0.465 e. The molecule has 0 aromatic heterocycles. The van der Waals surface area contributed by atoms with Crippen molar-refractivity contribution in [3.05, 3.63) is 11.1 Å². The van der Waals surface area contributed by atoms with Gasteiger partial charge < -0.3 is 29.5 Å². The zero-order valence-corrected chi connectivity index (χ0v) is 29.6. The Bertz CT molecular complexity index is 1260. The molecule has 6 aliphatic rings. The van der Waals surface area contributed by atoms with E-state index >= 15 is 0 Å². The smallest absolute Gasteiger partial charge is 0.316 e. The van der Waals surface area contributed by atoms with Crippen molar-refractivity contribution in [2.75, 3.05) is 13.2 Å². The minimum absolute atomic E-state index is 0.0241. The van der Waals surface area contributed by atoms with Crippen molar-refractivity contribution >= 4 is 11.8 Å². The molecule has 5 fully saturated rings. The fourth-order valence-corrected chi connectivity index (χ4v) is 12.7. The third kappa shape index (κ3) is 4.69. The summed E-state index contributed by atoms with van der Waals surface area (Å²) in [4.78, 5) is 27.4. The van der Waals surface area contributed by atoms with Gasteiger partial charge in [0.15, 0.2) is 12.1 Å². The molecule has 8 nitrogen and oxygen atoms in total. The SMILES string of the molecule is CCOC(=O)C12CCC3(C)C(CCC4C5(C)CCC(OC6C[C@@H](O)[C@@H](O)[C@@H](CO)O6)C(C)(C)C5CCC43C)C1=C(C(C)C)C(=O)C2. The molecule has 1 heterocycles. The highest BCUT2D eigenvalue weighted by atomic mass is 16.7. The Labute approximate surface area is 276 Å². The standard InChI is InChI=1S/C38H60O8/c1-9-44-33(43)38-17-16-36(7)22(31(38)30(21(2)3)24(41)19-38)10-11-27-35(6)14-13-28(34(4,5)26(35)12-15-37(27,36)8)46-29-18-23(40)32(42)25(20-39)45-29/h21-23,25-29,32,39-40,42H,9-20H2,1-8H3/t22?,23-,25-,26?,27?,28?,29?,32-,35?,36?,37?,38?/m1/s1. The first kappa shape index (κ1) is 34.5. The number of fused-ring (bicyclic) bond motifs is 7. The average molecular weight is 645 g/mol. The molecule has 8 heteroatoms. The molecule has 0 radical (unpaired) electrons. The number of rotatable bonds is 6. The summed E-state index contributed by atoms with van der Waals surface area (Å²) in [5, 5.41) is 30.4. The Morgan fingerprint density at radius 3 is 2.33 bits per heavy atom. The summed E-state index contributed by atoms with van der Waals surface area (Å²) in [6, 6.07) is 0. The minimum Gasteiger partial charge on any atom is -0.465 e. The van der Waals surface area contributed by atoms with Gasteiger partial charge in [0.1, 0.15) is 12.2 Å². The Morgan fingerprint density at radius 2 is 1.67 bits per heavy atom. The van der Waals surface area contributed by atoms with Crippen LogP contribution < -0.4 is 0 Å². The number of aliphatic hydroxyl groups excluding tert-OH is 3. The first-order valence-corrected chi connectivity index (χ1v) is 18.2. The molecule has 0 amide bonds. The van der Waals surface area contributed by atoms with Gasteiger partial charge in [-0.1, -0.05) is 48.5 Å². The Hall–Kier alpha value is -1.32. The Kier molecular flexibility index (Phi) is 8.74. The van der Waals surface area contributed by atoms with Crippen LogP contribution in [-0.2, 0) is 23.8 Å². The lowest BCUT2D eigenvalue weighted by Crippen LogP contribution is -2.66. The van der Waals surface area contributed by atoms with E-state index in [0.29, 0.717) is 24.9 Å². The van der Waals surface area contributed by atoms with E-state index in [1.54, 1.807) is 0 Å². The van der Waals surface area contributed by atoms with Crippen LogP contribution in [0.15, 0.2) is 11.1 Å². The molecule has 0 aromatic rings. The van der Waals surface area contributed by atoms with Crippen LogP contribution in [0.2, 0.25) is 0 Å². The van der Waals surface area contributed by atoms with E-state index in [2.05, 4.69) is 48.5 Å². The molecule has 4 saturated carbocycles. The van der Waals surface area contributed by atoms with E-state index in [-0.39, 0.29) is 70.8 Å². The molecule has 12 atom stereocenters. The van der Waals surface area contributed by atoms with Crippen molar-refractivity contribution in [1.29, 1.82) is 0 Å². The molecule has 1 saturated heterocycles. The topological polar surface area (TPSA) is 123 Å². The lowest BCUT2D eigenvalue weighted by atomic mass is 9.33. The van der Waals surface area contributed by atoms with E-state index in [1.165, 1.54) is 0 Å². The normalized spacial score (nSPS) is 48.4. The zero-order chi connectivity index (χ0) is 33.6. The van der Waals surface area contributed by atoms with Crippen LogP contribution in [0.4, 0.5) is 0 Å². The van der Waals surface area contributed by atoms with E-state index in [0.717, 1.165) is 56.1 Å². The van der Waals surface area contributed by atoms with E-state index in [4.69, 9.17) is 14.2 Å². The van der Waals surface area contributed by atoms with Crippen molar-refractivity contribution in [3.63, 3.8) is 0 Å². The predicted octanol–water partition coefficient (Wildman–Crippen LogP) is 5.74. The second kappa shape index (κ2) is 11.6. The first-order chi connectivity index (χ1) is 21.5. The number of carbonyl (C=O) groups excluding carboxylic acids is 2. The monoisotopic (exact) mass is 644 g/mol. The van der Waals surface area contributed by atoms with Gasteiger partial charge in [0.05, 0.1) is 30.8 Å².